The Morgan fingerprint density at radius 1 is 1.10 bits per heavy atom. The van der Waals surface area contributed by atoms with Gasteiger partial charge in [0.05, 0.1) is 0 Å². The first-order valence-corrected chi connectivity index (χ1v) is 8.07. The highest BCUT2D eigenvalue weighted by atomic mass is 79.9. The molecule has 0 unspecified atom stereocenters. The predicted molar refractivity (Wildman–Crippen MR) is 87.1 cm³/mol. The number of phenols is 1. The van der Waals surface area contributed by atoms with Crippen molar-refractivity contribution in [2.45, 2.75) is 37.5 Å². The Morgan fingerprint density at radius 3 is 2.55 bits per heavy atom. The van der Waals surface area contributed by atoms with Gasteiger partial charge in [0.1, 0.15) is 5.75 Å². The first-order chi connectivity index (χ1) is 9.66. The van der Waals surface area contributed by atoms with Crippen molar-refractivity contribution in [2.75, 3.05) is 6.54 Å². The summed E-state index contributed by atoms with van der Waals surface area (Å²) < 4.78 is 1.06. The lowest BCUT2D eigenvalue weighted by atomic mass is 9.68. The van der Waals surface area contributed by atoms with E-state index in [4.69, 9.17) is 5.73 Å². The Kier molecular flexibility index (Phi) is 3.74. The van der Waals surface area contributed by atoms with Crippen molar-refractivity contribution >= 4 is 26.7 Å². The zero-order valence-corrected chi connectivity index (χ0v) is 13.1. The zero-order chi connectivity index (χ0) is 14.2. The first-order valence-electron chi connectivity index (χ1n) is 7.28. The highest BCUT2D eigenvalue weighted by molar-refractivity contribution is 9.10. The van der Waals surface area contributed by atoms with Gasteiger partial charge in [-0.1, -0.05) is 47.3 Å². The molecule has 2 nitrogen and oxygen atoms in total. The molecule has 3 N–H and O–H groups in total. The SMILES string of the molecule is NCC1(c2c(O)ccc3cc(Br)ccc23)CCCCC1. The van der Waals surface area contributed by atoms with E-state index in [2.05, 4.69) is 28.1 Å². The summed E-state index contributed by atoms with van der Waals surface area (Å²) in [4.78, 5) is 0. The Balaban J connectivity index is 2.25. The van der Waals surface area contributed by atoms with E-state index in [1.807, 2.05) is 18.2 Å². The number of hydrogen-bond acceptors (Lipinski definition) is 2. The minimum Gasteiger partial charge on any atom is -0.508 e. The molecule has 106 valence electrons. The summed E-state index contributed by atoms with van der Waals surface area (Å²) >= 11 is 3.51. The molecule has 1 saturated carbocycles. The lowest BCUT2D eigenvalue weighted by Crippen LogP contribution is -2.37. The van der Waals surface area contributed by atoms with Gasteiger partial charge in [-0.05, 0) is 41.8 Å². The van der Waals surface area contributed by atoms with Crippen LogP contribution in [-0.4, -0.2) is 11.7 Å². The largest absolute Gasteiger partial charge is 0.508 e. The summed E-state index contributed by atoms with van der Waals surface area (Å²) in [6, 6.07) is 10.0. The maximum absolute atomic E-state index is 10.5. The van der Waals surface area contributed by atoms with Gasteiger partial charge in [0.2, 0.25) is 0 Å². The fourth-order valence-electron chi connectivity index (χ4n) is 3.63. The van der Waals surface area contributed by atoms with Gasteiger partial charge < -0.3 is 10.8 Å². The van der Waals surface area contributed by atoms with E-state index in [1.54, 1.807) is 0 Å². The monoisotopic (exact) mass is 333 g/mol. The number of aromatic hydroxyl groups is 1. The second-order valence-corrected chi connectivity index (χ2v) is 6.79. The molecule has 0 radical (unpaired) electrons. The van der Waals surface area contributed by atoms with Crippen LogP contribution in [-0.2, 0) is 5.41 Å². The van der Waals surface area contributed by atoms with Crippen molar-refractivity contribution in [1.82, 2.24) is 0 Å². The number of benzene rings is 2. The minimum atomic E-state index is -0.0598. The summed E-state index contributed by atoms with van der Waals surface area (Å²) in [6.07, 6.45) is 5.82. The molecule has 1 aliphatic carbocycles. The van der Waals surface area contributed by atoms with Gasteiger partial charge in [-0.2, -0.15) is 0 Å². The van der Waals surface area contributed by atoms with E-state index in [1.165, 1.54) is 19.3 Å². The molecule has 0 heterocycles. The molecule has 3 rings (SSSR count). The van der Waals surface area contributed by atoms with Crippen molar-refractivity contribution in [3.05, 3.63) is 40.4 Å². The maximum atomic E-state index is 10.5. The molecule has 0 aromatic heterocycles. The summed E-state index contributed by atoms with van der Waals surface area (Å²) in [5.41, 5.74) is 7.14. The molecule has 1 fully saturated rings. The molecule has 3 heteroatoms. The second-order valence-electron chi connectivity index (χ2n) is 5.87. The third kappa shape index (κ3) is 2.23. The van der Waals surface area contributed by atoms with Crippen LogP contribution in [0.25, 0.3) is 10.8 Å². The number of rotatable bonds is 2. The Labute approximate surface area is 128 Å². The lowest BCUT2D eigenvalue weighted by molar-refractivity contribution is 0.293. The van der Waals surface area contributed by atoms with E-state index >= 15 is 0 Å². The lowest BCUT2D eigenvalue weighted by Gasteiger charge is -2.38. The molecule has 0 aliphatic heterocycles. The highest BCUT2D eigenvalue weighted by Crippen LogP contribution is 2.45. The Hall–Kier alpha value is -1.06. The van der Waals surface area contributed by atoms with E-state index < -0.39 is 0 Å². The third-order valence-corrected chi connectivity index (χ3v) is 5.18. The van der Waals surface area contributed by atoms with E-state index in [0.717, 1.165) is 33.7 Å². The van der Waals surface area contributed by atoms with Crippen molar-refractivity contribution < 1.29 is 5.11 Å². The van der Waals surface area contributed by atoms with Crippen LogP contribution in [0.3, 0.4) is 0 Å². The van der Waals surface area contributed by atoms with Crippen molar-refractivity contribution in [1.29, 1.82) is 0 Å². The molecule has 0 bridgehead atoms. The van der Waals surface area contributed by atoms with Crippen LogP contribution in [0.5, 0.6) is 5.75 Å². The zero-order valence-electron chi connectivity index (χ0n) is 11.5. The third-order valence-electron chi connectivity index (χ3n) is 4.69. The van der Waals surface area contributed by atoms with Gasteiger partial charge in [-0.15, -0.1) is 0 Å². The predicted octanol–water partition coefficient (Wildman–Crippen LogP) is 4.47. The van der Waals surface area contributed by atoms with Gasteiger partial charge in [-0.3, -0.25) is 0 Å². The number of fused-ring (bicyclic) bond motifs is 1. The van der Waals surface area contributed by atoms with Crippen LogP contribution >= 0.6 is 15.9 Å². The van der Waals surface area contributed by atoms with Crippen LogP contribution < -0.4 is 5.73 Å². The number of halogens is 1. The van der Waals surface area contributed by atoms with Crippen LogP contribution in [0.2, 0.25) is 0 Å². The van der Waals surface area contributed by atoms with Gasteiger partial charge in [-0.25, -0.2) is 0 Å². The first kappa shape index (κ1) is 13.9. The molecule has 2 aromatic rings. The standard InChI is InChI=1S/C17H20BrNO/c18-13-5-6-14-12(10-13)4-7-15(20)16(14)17(11-19)8-2-1-3-9-17/h4-7,10,20H,1-3,8-9,11,19H2. The second kappa shape index (κ2) is 5.38. The molecule has 0 amide bonds. The van der Waals surface area contributed by atoms with E-state index in [-0.39, 0.29) is 5.41 Å². The van der Waals surface area contributed by atoms with Gasteiger partial charge >= 0.3 is 0 Å². The van der Waals surface area contributed by atoms with Crippen LogP contribution in [0, 0.1) is 0 Å². The average molecular weight is 334 g/mol. The number of nitrogens with two attached hydrogens (primary N) is 1. The number of phenolic OH excluding ortho intramolecular Hbond substituents is 1. The maximum Gasteiger partial charge on any atom is 0.120 e. The Bertz CT molecular complexity index is 632. The van der Waals surface area contributed by atoms with Crippen LogP contribution in [0.4, 0.5) is 0 Å². The molecular weight excluding hydrogens is 314 g/mol. The summed E-state index contributed by atoms with van der Waals surface area (Å²) in [5.74, 6) is 0.396. The van der Waals surface area contributed by atoms with Crippen LogP contribution in [0.1, 0.15) is 37.7 Å². The molecule has 0 saturated heterocycles. The molecule has 0 atom stereocenters. The van der Waals surface area contributed by atoms with Gasteiger partial charge in [0, 0.05) is 22.0 Å². The topological polar surface area (TPSA) is 46.2 Å². The average Bonchev–Trinajstić information content (AvgIpc) is 2.48. The number of hydrogen-bond donors (Lipinski definition) is 2. The quantitative estimate of drug-likeness (QED) is 0.851. The van der Waals surface area contributed by atoms with Crippen molar-refractivity contribution in [2.24, 2.45) is 5.73 Å². The molecule has 1 aliphatic rings. The van der Waals surface area contributed by atoms with E-state index in [0.29, 0.717) is 12.3 Å². The van der Waals surface area contributed by atoms with Gasteiger partial charge in [0.25, 0.3) is 0 Å². The summed E-state index contributed by atoms with van der Waals surface area (Å²) in [6.45, 7) is 0.607. The van der Waals surface area contributed by atoms with Crippen LogP contribution in [0.15, 0.2) is 34.8 Å². The molecule has 0 spiro atoms. The normalized spacial score (nSPS) is 18.3. The van der Waals surface area contributed by atoms with E-state index in [9.17, 15) is 5.11 Å². The van der Waals surface area contributed by atoms with Crippen molar-refractivity contribution in [3.63, 3.8) is 0 Å². The fraction of sp³-hybridized carbons (Fsp3) is 0.412. The molecular formula is C17H20BrNO. The minimum absolute atomic E-state index is 0.0598. The highest BCUT2D eigenvalue weighted by Gasteiger charge is 2.35. The fourth-order valence-corrected chi connectivity index (χ4v) is 4.01. The molecule has 20 heavy (non-hydrogen) atoms. The summed E-state index contributed by atoms with van der Waals surface area (Å²) in [5, 5.41) is 12.8. The Morgan fingerprint density at radius 2 is 1.85 bits per heavy atom. The summed E-state index contributed by atoms with van der Waals surface area (Å²) in [7, 11) is 0. The van der Waals surface area contributed by atoms with Gasteiger partial charge in [0.15, 0.2) is 0 Å². The molecule has 2 aromatic carbocycles. The van der Waals surface area contributed by atoms with Crippen molar-refractivity contribution in [3.8, 4) is 5.75 Å². The smallest absolute Gasteiger partial charge is 0.120 e.